The van der Waals surface area contributed by atoms with Crippen LogP contribution < -0.4 is 0 Å². The Balaban J connectivity index is 2.59. The van der Waals surface area contributed by atoms with Gasteiger partial charge in [0.15, 0.2) is 0 Å². The number of aryl methyl sites for hydroxylation is 3. The van der Waals surface area contributed by atoms with Gasteiger partial charge in [0.25, 0.3) is 0 Å². The molecule has 3 heteroatoms. The fourth-order valence-corrected chi connectivity index (χ4v) is 1.98. The normalized spacial score (nSPS) is 10.8. The molecule has 84 valence electrons. The van der Waals surface area contributed by atoms with Crippen LogP contribution in [0.1, 0.15) is 22.5 Å². The number of benzene rings is 1. The summed E-state index contributed by atoms with van der Waals surface area (Å²) in [5, 5.41) is 4.52. The molecule has 2 aromatic rings. The molecule has 1 aromatic carbocycles. The lowest BCUT2D eigenvalue weighted by Gasteiger charge is -2.07. The van der Waals surface area contributed by atoms with Crippen LogP contribution in [0.3, 0.4) is 0 Å². The summed E-state index contributed by atoms with van der Waals surface area (Å²) in [5.74, 6) is 0. The maximum Gasteiger partial charge on any atom is 0.0743 e. The first kappa shape index (κ1) is 11.4. The number of halogens is 1. The Morgan fingerprint density at radius 3 is 2.25 bits per heavy atom. The van der Waals surface area contributed by atoms with Crippen molar-refractivity contribution in [3.63, 3.8) is 0 Å². The maximum absolute atomic E-state index is 4.52. The van der Waals surface area contributed by atoms with Crippen LogP contribution in [0.2, 0.25) is 0 Å². The first-order valence-electron chi connectivity index (χ1n) is 5.30. The van der Waals surface area contributed by atoms with E-state index < -0.39 is 0 Å². The highest BCUT2D eigenvalue weighted by Crippen LogP contribution is 2.23. The standard InChI is InChI=1S/C13H15BrN2/c1-8-5-6-12(7-9(8)2)16-11(4)13(14)10(3)15-16/h5-7H,1-4H3. The Morgan fingerprint density at radius 2 is 1.75 bits per heavy atom. The lowest BCUT2D eigenvalue weighted by atomic mass is 10.1. The molecule has 2 rings (SSSR count). The molecule has 1 heterocycles. The molecule has 2 nitrogen and oxygen atoms in total. The largest absolute Gasteiger partial charge is 0.237 e. The van der Waals surface area contributed by atoms with E-state index in [2.05, 4.69) is 60.0 Å². The van der Waals surface area contributed by atoms with E-state index in [1.807, 2.05) is 11.6 Å². The fourth-order valence-electron chi connectivity index (χ4n) is 1.73. The second-order valence-corrected chi connectivity index (χ2v) is 4.96. The van der Waals surface area contributed by atoms with Crippen LogP contribution in [0.4, 0.5) is 0 Å². The summed E-state index contributed by atoms with van der Waals surface area (Å²) in [5.41, 5.74) is 5.89. The molecule has 1 aromatic heterocycles. The molecule has 16 heavy (non-hydrogen) atoms. The van der Waals surface area contributed by atoms with Gasteiger partial charge in [-0.15, -0.1) is 0 Å². The Labute approximate surface area is 104 Å². The second-order valence-electron chi connectivity index (χ2n) is 4.17. The van der Waals surface area contributed by atoms with Crippen molar-refractivity contribution in [2.75, 3.05) is 0 Å². The third kappa shape index (κ3) is 1.80. The fraction of sp³-hybridized carbons (Fsp3) is 0.308. The van der Waals surface area contributed by atoms with Crippen LogP contribution in [0, 0.1) is 27.7 Å². The minimum absolute atomic E-state index is 1.02. The zero-order valence-electron chi connectivity index (χ0n) is 10.0. The molecule has 0 bridgehead atoms. The van der Waals surface area contributed by atoms with Gasteiger partial charge in [0.05, 0.1) is 21.5 Å². The molecular weight excluding hydrogens is 264 g/mol. The Kier molecular flexibility index (Phi) is 2.89. The second kappa shape index (κ2) is 4.06. The quantitative estimate of drug-likeness (QED) is 0.774. The number of hydrogen-bond acceptors (Lipinski definition) is 1. The summed E-state index contributed by atoms with van der Waals surface area (Å²) < 4.78 is 3.07. The van der Waals surface area contributed by atoms with Gasteiger partial charge in [-0.05, 0) is 66.9 Å². The van der Waals surface area contributed by atoms with E-state index in [1.54, 1.807) is 0 Å². The predicted molar refractivity (Wildman–Crippen MR) is 70.2 cm³/mol. The topological polar surface area (TPSA) is 17.8 Å². The maximum atomic E-state index is 4.52. The van der Waals surface area contributed by atoms with Crippen LogP contribution >= 0.6 is 15.9 Å². The highest BCUT2D eigenvalue weighted by atomic mass is 79.9. The molecule has 0 spiro atoms. The molecular formula is C13H15BrN2. The third-order valence-electron chi connectivity index (χ3n) is 2.94. The van der Waals surface area contributed by atoms with Gasteiger partial charge in [0, 0.05) is 0 Å². The van der Waals surface area contributed by atoms with Crippen LogP contribution in [0.25, 0.3) is 5.69 Å². The van der Waals surface area contributed by atoms with Crippen molar-refractivity contribution in [3.05, 3.63) is 45.2 Å². The van der Waals surface area contributed by atoms with Gasteiger partial charge >= 0.3 is 0 Å². The number of rotatable bonds is 1. The van der Waals surface area contributed by atoms with E-state index in [1.165, 1.54) is 11.1 Å². The molecule has 0 aliphatic carbocycles. The number of nitrogens with zero attached hydrogens (tertiary/aromatic N) is 2. The molecule has 0 saturated heterocycles. The highest BCUT2D eigenvalue weighted by molar-refractivity contribution is 9.10. The van der Waals surface area contributed by atoms with Gasteiger partial charge in [0.1, 0.15) is 0 Å². The zero-order chi connectivity index (χ0) is 11.9. The molecule has 0 atom stereocenters. The Morgan fingerprint density at radius 1 is 1.06 bits per heavy atom. The van der Waals surface area contributed by atoms with E-state index >= 15 is 0 Å². The van der Waals surface area contributed by atoms with Gasteiger partial charge in [-0.3, -0.25) is 0 Å². The number of aromatic nitrogens is 2. The Hall–Kier alpha value is -1.09. The first-order valence-corrected chi connectivity index (χ1v) is 6.09. The van der Waals surface area contributed by atoms with Gasteiger partial charge in [-0.2, -0.15) is 5.10 Å². The summed E-state index contributed by atoms with van der Waals surface area (Å²) in [4.78, 5) is 0. The van der Waals surface area contributed by atoms with Crippen molar-refractivity contribution in [3.8, 4) is 5.69 Å². The van der Waals surface area contributed by atoms with Gasteiger partial charge in [0.2, 0.25) is 0 Å². The third-order valence-corrected chi connectivity index (χ3v) is 4.09. The van der Waals surface area contributed by atoms with Gasteiger partial charge < -0.3 is 0 Å². The van der Waals surface area contributed by atoms with Crippen molar-refractivity contribution in [2.45, 2.75) is 27.7 Å². The molecule has 0 aliphatic rings. The summed E-state index contributed by atoms with van der Waals surface area (Å²) in [6.07, 6.45) is 0. The first-order chi connectivity index (χ1) is 7.50. The van der Waals surface area contributed by atoms with Crippen molar-refractivity contribution >= 4 is 15.9 Å². The summed E-state index contributed by atoms with van der Waals surface area (Å²) in [7, 11) is 0. The van der Waals surface area contributed by atoms with Crippen LogP contribution in [0.5, 0.6) is 0 Å². The minimum atomic E-state index is 1.02. The molecule has 0 amide bonds. The molecule has 0 radical (unpaired) electrons. The Bertz CT molecular complexity index is 541. The molecule has 0 saturated carbocycles. The summed E-state index contributed by atoms with van der Waals surface area (Å²) in [6.45, 7) is 8.32. The van der Waals surface area contributed by atoms with E-state index in [4.69, 9.17) is 0 Å². The van der Waals surface area contributed by atoms with E-state index in [-0.39, 0.29) is 0 Å². The molecule has 0 aliphatic heterocycles. The monoisotopic (exact) mass is 278 g/mol. The average Bonchev–Trinajstić information content (AvgIpc) is 2.50. The number of hydrogen-bond donors (Lipinski definition) is 0. The molecule has 0 N–H and O–H groups in total. The lowest BCUT2D eigenvalue weighted by molar-refractivity contribution is 0.832. The smallest absolute Gasteiger partial charge is 0.0743 e. The van der Waals surface area contributed by atoms with Crippen molar-refractivity contribution < 1.29 is 0 Å². The van der Waals surface area contributed by atoms with E-state index in [9.17, 15) is 0 Å². The lowest BCUT2D eigenvalue weighted by Crippen LogP contribution is -1.99. The van der Waals surface area contributed by atoms with Gasteiger partial charge in [-0.1, -0.05) is 6.07 Å². The van der Waals surface area contributed by atoms with Crippen LogP contribution in [0.15, 0.2) is 22.7 Å². The highest BCUT2D eigenvalue weighted by Gasteiger charge is 2.10. The SMILES string of the molecule is Cc1ccc(-n2nc(C)c(Br)c2C)cc1C. The predicted octanol–water partition coefficient (Wildman–Crippen LogP) is 3.87. The van der Waals surface area contributed by atoms with Crippen molar-refractivity contribution in [2.24, 2.45) is 0 Å². The zero-order valence-corrected chi connectivity index (χ0v) is 11.6. The van der Waals surface area contributed by atoms with Crippen molar-refractivity contribution in [1.82, 2.24) is 9.78 Å². The van der Waals surface area contributed by atoms with E-state index in [0.717, 1.165) is 21.5 Å². The van der Waals surface area contributed by atoms with Gasteiger partial charge in [-0.25, -0.2) is 4.68 Å². The van der Waals surface area contributed by atoms with Crippen molar-refractivity contribution in [1.29, 1.82) is 0 Å². The van der Waals surface area contributed by atoms with Crippen LogP contribution in [-0.2, 0) is 0 Å². The van der Waals surface area contributed by atoms with E-state index in [0.29, 0.717) is 0 Å². The van der Waals surface area contributed by atoms with Crippen LogP contribution in [-0.4, -0.2) is 9.78 Å². The minimum Gasteiger partial charge on any atom is -0.237 e. The molecule has 0 unspecified atom stereocenters. The summed E-state index contributed by atoms with van der Waals surface area (Å²) >= 11 is 3.55. The summed E-state index contributed by atoms with van der Waals surface area (Å²) in [6, 6.07) is 6.41. The average molecular weight is 279 g/mol. The molecule has 0 fully saturated rings.